The highest BCUT2D eigenvalue weighted by molar-refractivity contribution is 6.29. The Morgan fingerprint density at radius 2 is 2.14 bits per heavy atom. The van der Waals surface area contributed by atoms with Crippen molar-refractivity contribution in [1.82, 2.24) is 10.2 Å². The molecule has 1 heterocycles. The molecular weight excluding hydrogens is 292 g/mol. The molecule has 1 aromatic heterocycles. The third kappa shape index (κ3) is 2.55. The molecule has 108 valence electrons. The molecular formula is C14H13ClN4O2. The van der Waals surface area contributed by atoms with Crippen LogP contribution in [0.5, 0.6) is 0 Å². The van der Waals surface area contributed by atoms with Gasteiger partial charge in [0.25, 0.3) is 5.91 Å². The van der Waals surface area contributed by atoms with Crippen LogP contribution in [-0.2, 0) is 6.42 Å². The van der Waals surface area contributed by atoms with Crippen molar-refractivity contribution in [3.05, 3.63) is 52.2 Å². The highest BCUT2D eigenvalue weighted by Crippen LogP contribution is 2.34. The maximum Gasteiger partial charge on any atom is 0.252 e. The van der Waals surface area contributed by atoms with Crippen LogP contribution in [0.4, 0.5) is 5.82 Å². The molecule has 0 aliphatic heterocycles. The first kappa shape index (κ1) is 13.8. The molecule has 0 saturated carbocycles. The summed E-state index contributed by atoms with van der Waals surface area (Å²) in [6.45, 7) is 0. The fraction of sp³-hybridized carbons (Fsp3) is 0.214. The minimum atomic E-state index is -0.657. The summed E-state index contributed by atoms with van der Waals surface area (Å²) in [4.78, 5) is 11.5. The standard InChI is InChI=1S/C14H13ClN4O2/c15-11-6-9(13(16)21)14(19-18-11)17-12-8-4-2-1-3-7(8)5-10(12)20/h1-4,6,10,12,20H,5H2,(H2,16,21)(H,17,19)/t10-,12+/m1/s1. The van der Waals surface area contributed by atoms with Gasteiger partial charge in [-0.2, -0.15) is 0 Å². The number of aliphatic hydroxyl groups excluding tert-OH is 1. The van der Waals surface area contributed by atoms with E-state index in [9.17, 15) is 9.90 Å². The van der Waals surface area contributed by atoms with Crippen molar-refractivity contribution in [2.75, 3.05) is 5.32 Å². The van der Waals surface area contributed by atoms with Crippen molar-refractivity contribution < 1.29 is 9.90 Å². The van der Waals surface area contributed by atoms with Crippen molar-refractivity contribution in [3.8, 4) is 0 Å². The number of aliphatic hydroxyl groups is 1. The van der Waals surface area contributed by atoms with Gasteiger partial charge < -0.3 is 16.2 Å². The number of hydrogen-bond acceptors (Lipinski definition) is 5. The SMILES string of the molecule is NC(=O)c1cc(Cl)nnc1N[C@H]1c2ccccc2C[C@H]1O. The van der Waals surface area contributed by atoms with E-state index in [1.807, 2.05) is 24.3 Å². The third-order valence-electron chi connectivity index (χ3n) is 3.53. The van der Waals surface area contributed by atoms with Gasteiger partial charge in [0, 0.05) is 6.42 Å². The number of hydrogen-bond donors (Lipinski definition) is 3. The van der Waals surface area contributed by atoms with Crippen LogP contribution in [0.15, 0.2) is 30.3 Å². The van der Waals surface area contributed by atoms with Gasteiger partial charge in [0.2, 0.25) is 0 Å². The molecule has 7 heteroatoms. The minimum absolute atomic E-state index is 0.0849. The summed E-state index contributed by atoms with van der Waals surface area (Å²) in [5.41, 5.74) is 7.49. The lowest BCUT2D eigenvalue weighted by Crippen LogP contribution is -2.24. The number of carbonyl (C=O) groups is 1. The monoisotopic (exact) mass is 304 g/mol. The first-order valence-electron chi connectivity index (χ1n) is 6.41. The number of fused-ring (bicyclic) bond motifs is 1. The van der Waals surface area contributed by atoms with Crippen LogP contribution in [0.25, 0.3) is 0 Å². The molecule has 1 aliphatic carbocycles. The normalized spacial score (nSPS) is 20.1. The summed E-state index contributed by atoms with van der Waals surface area (Å²) < 4.78 is 0. The predicted molar refractivity (Wildman–Crippen MR) is 78.1 cm³/mol. The van der Waals surface area contributed by atoms with Crippen LogP contribution >= 0.6 is 11.6 Å². The van der Waals surface area contributed by atoms with Gasteiger partial charge in [-0.15, -0.1) is 10.2 Å². The van der Waals surface area contributed by atoms with Crippen molar-refractivity contribution in [2.45, 2.75) is 18.6 Å². The Morgan fingerprint density at radius 1 is 1.38 bits per heavy atom. The number of carbonyl (C=O) groups excluding carboxylic acids is 1. The maximum absolute atomic E-state index is 11.5. The number of nitrogens with one attached hydrogen (secondary N) is 1. The van der Waals surface area contributed by atoms with Crippen LogP contribution in [0.1, 0.15) is 27.5 Å². The second kappa shape index (κ2) is 5.31. The topological polar surface area (TPSA) is 101 Å². The highest BCUT2D eigenvalue weighted by atomic mass is 35.5. The zero-order valence-electron chi connectivity index (χ0n) is 11.0. The van der Waals surface area contributed by atoms with Crippen LogP contribution < -0.4 is 11.1 Å². The third-order valence-corrected chi connectivity index (χ3v) is 3.71. The van der Waals surface area contributed by atoms with E-state index in [0.29, 0.717) is 6.42 Å². The fourth-order valence-corrected chi connectivity index (χ4v) is 2.70. The second-order valence-corrected chi connectivity index (χ2v) is 5.27. The van der Waals surface area contributed by atoms with Crippen LogP contribution in [0.2, 0.25) is 5.15 Å². The number of halogens is 1. The quantitative estimate of drug-likeness (QED) is 0.793. The Morgan fingerprint density at radius 3 is 2.90 bits per heavy atom. The van der Waals surface area contributed by atoms with Gasteiger partial charge in [-0.1, -0.05) is 35.9 Å². The minimum Gasteiger partial charge on any atom is -0.390 e. The Balaban J connectivity index is 1.96. The second-order valence-electron chi connectivity index (χ2n) is 4.89. The Labute approximate surface area is 125 Å². The van der Waals surface area contributed by atoms with Crippen molar-refractivity contribution >= 4 is 23.3 Å². The molecule has 0 spiro atoms. The van der Waals surface area contributed by atoms with Crippen LogP contribution in [0.3, 0.4) is 0 Å². The molecule has 1 aromatic carbocycles. The number of amides is 1. The van der Waals surface area contributed by atoms with E-state index in [-0.39, 0.29) is 22.6 Å². The first-order chi connectivity index (χ1) is 10.1. The number of nitrogens with zero attached hydrogens (tertiary/aromatic N) is 2. The highest BCUT2D eigenvalue weighted by Gasteiger charge is 2.31. The number of nitrogens with two attached hydrogens (primary N) is 1. The van der Waals surface area contributed by atoms with Gasteiger partial charge in [0.15, 0.2) is 11.0 Å². The van der Waals surface area contributed by atoms with Crippen molar-refractivity contribution in [2.24, 2.45) is 5.73 Å². The molecule has 1 aliphatic rings. The van der Waals surface area contributed by atoms with Crippen molar-refractivity contribution in [3.63, 3.8) is 0 Å². The average molecular weight is 305 g/mol. The molecule has 3 rings (SSSR count). The summed E-state index contributed by atoms with van der Waals surface area (Å²) in [7, 11) is 0. The zero-order valence-corrected chi connectivity index (χ0v) is 11.7. The summed E-state index contributed by atoms with van der Waals surface area (Å²) in [5.74, 6) is -0.442. The van der Waals surface area contributed by atoms with Crippen LogP contribution in [-0.4, -0.2) is 27.3 Å². The van der Waals surface area contributed by atoms with E-state index >= 15 is 0 Å². The summed E-state index contributed by atoms with van der Waals surface area (Å²) in [6.07, 6.45) is -0.0681. The predicted octanol–water partition coefficient (Wildman–Crippen LogP) is 1.30. The Kier molecular flexibility index (Phi) is 3.48. The molecule has 2 atom stereocenters. The smallest absolute Gasteiger partial charge is 0.252 e. The Hall–Kier alpha value is -2.18. The maximum atomic E-state index is 11.5. The van der Waals surface area contributed by atoms with E-state index in [2.05, 4.69) is 15.5 Å². The molecule has 0 fully saturated rings. The Bertz CT molecular complexity index is 707. The molecule has 0 saturated heterocycles. The summed E-state index contributed by atoms with van der Waals surface area (Å²) >= 11 is 5.73. The summed E-state index contributed by atoms with van der Waals surface area (Å²) in [5, 5.41) is 20.9. The first-order valence-corrected chi connectivity index (χ1v) is 6.79. The van der Waals surface area contributed by atoms with E-state index < -0.39 is 12.0 Å². The molecule has 2 aromatic rings. The summed E-state index contributed by atoms with van der Waals surface area (Å²) in [6, 6.07) is 8.69. The van der Waals surface area contributed by atoms with Gasteiger partial charge in [0.1, 0.15) is 0 Å². The molecule has 1 amide bonds. The number of primary amides is 1. The number of benzene rings is 1. The molecule has 21 heavy (non-hydrogen) atoms. The van der Waals surface area contributed by atoms with Gasteiger partial charge in [-0.3, -0.25) is 4.79 Å². The van der Waals surface area contributed by atoms with Gasteiger partial charge in [-0.25, -0.2) is 0 Å². The number of rotatable bonds is 3. The van der Waals surface area contributed by atoms with Gasteiger partial charge in [-0.05, 0) is 17.2 Å². The van der Waals surface area contributed by atoms with Gasteiger partial charge in [0.05, 0.1) is 17.7 Å². The molecule has 0 radical (unpaired) electrons. The van der Waals surface area contributed by atoms with E-state index in [1.54, 1.807) is 0 Å². The van der Waals surface area contributed by atoms with Gasteiger partial charge >= 0.3 is 0 Å². The molecule has 4 N–H and O–H groups in total. The largest absolute Gasteiger partial charge is 0.390 e. The lowest BCUT2D eigenvalue weighted by atomic mass is 10.1. The molecule has 0 unspecified atom stereocenters. The lowest BCUT2D eigenvalue weighted by Gasteiger charge is -2.19. The number of anilines is 1. The fourth-order valence-electron chi connectivity index (χ4n) is 2.56. The van der Waals surface area contributed by atoms with E-state index in [1.165, 1.54) is 6.07 Å². The zero-order chi connectivity index (χ0) is 15.0. The average Bonchev–Trinajstić information content (AvgIpc) is 2.77. The molecule has 6 nitrogen and oxygen atoms in total. The van der Waals surface area contributed by atoms with E-state index in [0.717, 1.165) is 11.1 Å². The van der Waals surface area contributed by atoms with E-state index in [4.69, 9.17) is 17.3 Å². The lowest BCUT2D eigenvalue weighted by molar-refractivity contribution is 0.1000. The number of aromatic nitrogens is 2. The molecule has 0 bridgehead atoms. The van der Waals surface area contributed by atoms with Crippen molar-refractivity contribution in [1.29, 1.82) is 0 Å². The van der Waals surface area contributed by atoms with Crippen LogP contribution in [0, 0.1) is 0 Å².